The predicted molar refractivity (Wildman–Crippen MR) is 130 cm³/mol. The third-order valence-electron chi connectivity index (χ3n) is 5.42. The summed E-state index contributed by atoms with van der Waals surface area (Å²) in [4.78, 5) is 0. The molecule has 0 unspecified atom stereocenters. The molecule has 0 amide bonds. The summed E-state index contributed by atoms with van der Waals surface area (Å²) in [6.07, 6.45) is 12.4. The highest BCUT2D eigenvalue weighted by atomic mass is 16.7. The van der Waals surface area contributed by atoms with Crippen LogP contribution in [0.5, 0.6) is 5.75 Å². The van der Waals surface area contributed by atoms with E-state index in [9.17, 15) is 0 Å². The van der Waals surface area contributed by atoms with Crippen molar-refractivity contribution in [1.82, 2.24) is 0 Å². The van der Waals surface area contributed by atoms with Crippen LogP contribution in [-0.2, 0) is 14.2 Å². The molecule has 4 nitrogen and oxygen atoms in total. The third kappa shape index (κ3) is 7.94. The molecule has 32 heavy (non-hydrogen) atoms. The monoisotopic (exact) mass is 436 g/mol. The average molecular weight is 437 g/mol. The van der Waals surface area contributed by atoms with Crippen LogP contribution in [0, 0.1) is 0 Å². The topological polar surface area (TPSA) is 36.9 Å². The molecular weight excluding hydrogens is 400 g/mol. The van der Waals surface area contributed by atoms with Gasteiger partial charge in [-0.05, 0) is 42.2 Å². The van der Waals surface area contributed by atoms with Crippen molar-refractivity contribution < 1.29 is 18.9 Å². The quantitative estimate of drug-likeness (QED) is 0.269. The SMILES string of the molecule is C/C=C/C=C/CO[C@@H]1CO[C@@H](c2ccc(-c3ccc(OCCCCCC)cc3)cc2)CO1. The number of benzene rings is 2. The summed E-state index contributed by atoms with van der Waals surface area (Å²) in [5, 5.41) is 0. The molecule has 0 aromatic heterocycles. The van der Waals surface area contributed by atoms with Crippen molar-refractivity contribution >= 4 is 0 Å². The van der Waals surface area contributed by atoms with E-state index in [0.29, 0.717) is 19.8 Å². The van der Waals surface area contributed by atoms with Crippen LogP contribution in [0.2, 0.25) is 0 Å². The van der Waals surface area contributed by atoms with E-state index in [1.165, 1.54) is 30.4 Å². The van der Waals surface area contributed by atoms with E-state index in [2.05, 4.69) is 55.5 Å². The number of unbranched alkanes of at least 4 members (excludes halogenated alkanes) is 3. The van der Waals surface area contributed by atoms with Gasteiger partial charge in [0, 0.05) is 0 Å². The Balaban J connectivity index is 1.44. The molecule has 2 aromatic carbocycles. The fraction of sp³-hybridized carbons (Fsp3) is 0.429. The Morgan fingerprint density at radius 2 is 1.62 bits per heavy atom. The first-order valence-electron chi connectivity index (χ1n) is 11.8. The van der Waals surface area contributed by atoms with Crippen LogP contribution in [0.3, 0.4) is 0 Å². The van der Waals surface area contributed by atoms with Gasteiger partial charge in [-0.25, -0.2) is 0 Å². The first-order valence-corrected chi connectivity index (χ1v) is 11.8. The summed E-state index contributed by atoms with van der Waals surface area (Å²) < 4.78 is 23.3. The molecule has 3 rings (SSSR count). The highest BCUT2D eigenvalue weighted by Crippen LogP contribution is 2.27. The van der Waals surface area contributed by atoms with Crippen molar-refractivity contribution in [2.45, 2.75) is 51.9 Å². The lowest BCUT2D eigenvalue weighted by molar-refractivity contribution is -0.232. The minimum Gasteiger partial charge on any atom is -0.494 e. The van der Waals surface area contributed by atoms with E-state index in [1.807, 2.05) is 31.2 Å². The van der Waals surface area contributed by atoms with E-state index >= 15 is 0 Å². The lowest BCUT2D eigenvalue weighted by Gasteiger charge is -2.29. The van der Waals surface area contributed by atoms with Gasteiger partial charge in [-0.3, -0.25) is 0 Å². The molecule has 1 fully saturated rings. The largest absolute Gasteiger partial charge is 0.494 e. The van der Waals surface area contributed by atoms with Gasteiger partial charge >= 0.3 is 0 Å². The molecule has 2 atom stereocenters. The van der Waals surface area contributed by atoms with Crippen molar-refractivity contribution in [3.8, 4) is 16.9 Å². The number of ether oxygens (including phenoxy) is 4. The van der Waals surface area contributed by atoms with E-state index in [0.717, 1.165) is 24.3 Å². The fourth-order valence-electron chi connectivity index (χ4n) is 3.54. The van der Waals surface area contributed by atoms with Gasteiger partial charge in [0.05, 0.1) is 26.4 Å². The summed E-state index contributed by atoms with van der Waals surface area (Å²) in [5.41, 5.74) is 3.47. The summed E-state index contributed by atoms with van der Waals surface area (Å²) >= 11 is 0. The van der Waals surface area contributed by atoms with E-state index in [-0.39, 0.29) is 12.4 Å². The minimum atomic E-state index is -0.312. The van der Waals surface area contributed by atoms with Gasteiger partial charge < -0.3 is 18.9 Å². The molecule has 1 aliphatic rings. The minimum absolute atomic E-state index is 0.0639. The molecule has 0 N–H and O–H groups in total. The Morgan fingerprint density at radius 3 is 2.28 bits per heavy atom. The zero-order chi connectivity index (χ0) is 22.4. The molecule has 0 bridgehead atoms. The molecule has 0 radical (unpaired) electrons. The molecule has 172 valence electrons. The maximum absolute atomic E-state index is 5.97. The van der Waals surface area contributed by atoms with Crippen LogP contribution >= 0.6 is 0 Å². The molecule has 1 saturated heterocycles. The highest BCUT2D eigenvalue weighted by molar-refractivity contribution is 5.64. The second kappa shape index (κ2) is 13.9. The second-order valence-corrected chi connectivity index (χ2v) is 7.93. The second-order valence-electron chi connectivity index (χ2n) is 7.93. The molecule has 1 heterocycles. The standard InChI is InChI=1S/C28H36O4/c1-3-5-7-9-19-29-26-17-15-24(16-18-26)23-11-13-25(14-12-23)27-21-32-28(22-31-27)30-20-10-8-6-4-2/h4,6,8,10-18,27-28H,3,5,7,9,19-22H2,1-2H3/b6-4+,10-8+/t27-,28+/m1/s1. The summed E-state index contributed by atoms with van der Waals surface area (Å²) in [7, 11) is 0. The van der Waals surface area contributed by atoms with Gasteiger partial charge in [0.25, 0.3) is 0 Å². The molecule has 1 aliphatic heterocycles. The maximum Gasteiger partial charge on any atom is 0.181 e. The third-order valence-corrected chi connectivity index (χ3v) is 5.42. The van der Waals surface area contributed by atoms with E-state index in [1.54, 1.807) is 0 Å². The Labute approximate surface area is 192 Å². The van der Waals surface area contributed by atoms with Crippen LogP contribution in [-0.4, -0.2) is 32.7 Å². The van der Waals surface area contributed by atoms with Crippen LogP contribution < -0.4 is 4.74 Å². The Kier molecular flexibility index (Phi) is 10.5. The van der Waals surface area contributed by atoms with Crippen LogP contribution in [0.25, 0.3) is 11.1 Å². The predicted octanol–water partition coefficient (Wildman–Crippen LogP) is 6.88. The van der Waals surface area contributed by atoms with Crippen molar-refractivity contribution in [2.24, 2.45) is 0 Å². The number of hydrogen-bond acceptors (Lipinski definition) is 4. The molecule has 0 aliphatic carbocycles. The number of hydrogen-bond donors (Lipinski definition) is 0. The Morgan fingerprint density at radius 1 is 0.875 bits per heavy atom. The summed E-state index contributed by atoms with van der Waals surface area (Å²) in [6.45, 7) is 6.44. The van der Waals surface area contributed by atoms with Crippen LogP contribution in [0.15, 0.2) is 72.8 Å². The lowest BCUT2D eigenvalue weighted by atomic mass is 10.0. The van der Waals surface area contributed by atoms with Gasteiger partial charge in [0.1, 0.15) is 11.9 Å². The first kappa shape index (κ1) is 24.2. The fourth-order valence-corrected chi connectivity index (χ4v) is 3.54. The average Bonchev–Trinajstić information content (AvgIpc) is 2.85. The van der Waals surface area contributed by atoms with Crippen molar-refractivity contribution in [3.63, 3.8) is 0 Å². The van der Waals surface area contributed by atoms with Gasteiger partial charge in [-0.1, -0.05) is 86.9 Å². The highest BCUT2D eigenvalue weighted by Gasteiger charge is 2.23. The van der Waals surface area contributed by atoms with Crippen molar-refractivity contribution in [2.75, 3.05) is 26.4 Å². The summed E-state index contributed by atoms with van der Waals surface area (Å²) in [6, 6.07) is 16.8. The van der Waals surface area contributed by atoms with Crippen LogP contribution in [0.1, 0.15) is 51.2 Å². The maximum atomic E-state index is 5.97. The van der Waals surface area contributed by atoms with Gasteiger partial charge in [0.2, 0.25) is 0 Å². The van der Waals surface area contributed by atoms with E-state index < -0.39 is 0 Å². The molecule has 4 heteroatoms. The molecule has 0 saturated carbocycles. The number of allylic oxidation sites excluding steroid dienone is 3. The zero-order valence-electron chi connectivity index (χ0n) is 19.4. The zero-order valence-corrected chi connectivity index (χ0v) is 19.4. The summed E-state index contributed by atoms with van der Waals surface area (Å²) in [5.74, 6) is 0.934. The smallest absolute Gasteiger partial charge is 0.181 e. The molecule has 2 aromatic rings. The van der Waals surface area contributed by atoms with Crippen molar-refractivity contribution in [1.29, 1.82) is 0 Å². The van der Waals surface area contributed by atoms with Gasteiger partial charge in [-0.15, -0.1) is 0 Å². The Hall–Kier alpha value is -2.40. The molecule has 0 spiro atoms. The number of rotatable bonds is 12. The van der Waals surface area contributed by atoms with E-state index in [4.69, 9.17) is 18.9 Å². The lowest BCUT2D eigenvalue weighted by Crippen LogP contribution is -2.33. The van der Waals surface area contributed by atoms with Crippen molar-refractivity contribution in [3.05, 3.63) is 78.4 Å². The Bertz CT molecular complexity index is 816. The normalized spacial score (nSPS) is 19.1. The first-order chi connectivity index (χ1) is 15.8. The van der Waals surface area contributed by atoms with Gasteiger partial charge in [0.15, 0.2) is 6.29 Å². The molecular formula is C28H36O4. The van der Waals surface area contributed by atoms with Crippen LogP contribution in [0.4, 0.5) is 0 Å². The van der Waals surface area contributed by atoms with Gasteiger partial charge in [-0.2, -0.15) is 0 Å².